The summed E-state index contributed by atoms with van der Waals surface area (Å²) in [6.07, 6.45) is 4.74. The third-order valence-electron chi connectivity index (χ3n) is 6.56. The minimum Gasteiger partial charge on any atom is -0.507 e. The molecule has 0 unspecified atom stereocenters. The van der Waals surface area contributed by atoms with Crippen molar-refractivity contribution in [1.82, 2.24) is 0 Å². The van der Waals surface area contributed by atoms with E-state index in [4.69, 9.17) is 9.47 Å². The van der Waals surface area contributed by atoms with Gasteiger partial charge in [-0.05, 0) is 30.4 Å². The van der Waals surface area contributed by atoms with Gasteiger partial charge in [0, 0.05) is 52.1 Å². The lowest BCUT2D eigenvalue weighted by Crippen LogP contribution is -2.33. The maximum absolute atomic E-state index is 13.3. The van der Waals surface area contributed by atoms with Gasteiger partial charge in [0.1, 0.15) is 23.0 Å². The second-order valence-electron chi connectivity index (χ2n) is 8.73. The molecule has 202 valence electrons. The maximum atomic E-state index is 13.3. The fourth-order valence-corrected chi connectivity index (χ4v) is 4.76. The van der Waals surface area contributed by atoms with E-state index in [9.17, 15) is 34.5 Å². The van der Waals surface area contributed by atoms with Crippen LogP contribution in [-0.2, 0) is 29.4 Å². The summed E-state index contributed by atoms with van der Waals surface area (Å²) in [7, 11) is 2.38. The number of benzene rings is 3. The van der Waals surface area contributed by atoms with E-state index in [1.807, 2.05) is 0 Å². The Morgan fingerprint density at radius 2 is 1.35 bits per heavy atom. The van der Waals surface area contributed by atoms with Crippen LogP contribution in [0.5, 0.6) is 23.0 Å². The SMILES string of the molecule is COC(=O)/C=C/c1cc2c(cc1O)Oc1cc(O)c(/C=C/C(=O)OC)cc1C21OC(=O)c2c(C(=O)O)cccc21. The molecule has 1 spiro atoms. The molecular weight excluding hydrogens is 524 g/mol. The molecule has 5 rings (SSSR count). The number of carbonyl (C=O) groups is 4. The summed E-state index contributed by atoms with van der Waals surface area (Å²) < 4.78 is 21.2. The van der Waals surface area contributed by atoms with Crippen molar-refractivity contribution in [1.29, 1.82) is 0 Å². The number of aromatic hydroxyl groups is 2. The Morgan fingerprint density at radius 1 is 0.825 bits per heavy atom. The van der Waals surface area contributed by atoms with Crippen LogP contribution in [0.3, 0.4) is 0 Å². The van der Waals surface area contributed by atoms with Crippen LogP contribution in [-0.4, -0.2) is 53.4 Å². The molecule has 11 nitrogen and oxygen atoms in total. The fourth-order valence-electron chi connectivity index (χ4n) is 4.76. The topological polar surface area (TPSA) is 166 Å². The Morgan fingerprint density at radius 3 is 1.82 bits per heavy atom. The molecule has 0 amide bonds. The lowest BCUT2D eigenvalue weighted by molar-refractivity contribution is -0.135. The normalized spacial score (nSPS) is 14.3. The van der Waals surface area contributed by atoms with E-state index in [2.05, 4.69) is 9.47 Å². The summed E-state index contributed by atoms with van der Waals surface area (Å²) in [5, 5.41) is 31.1. The number of phenols is 2. The molecule has 2 aliphatic rings. The van der Waals surface area contributed by atoms with E-state index < -0.39 is 29.5 Å². The molecule has 0 bridgehead atoms. The van der Waals surface area contributed by atoms with Gasteiger partial charge in [0.2, 0.25) is 0 Å². The van der Waals surface area contributed by atoms with Gasteiger partial charge < -0.3 is 34.3 Å². The molecule has 11 heteroatoms. The van der Waals surface area contributed by atoms with Gasteiger partial charge in [-0.3, -0.25) is 0 Å². The van der Waals surface area contributed by atoms with Gasteiger partial charge in [-0.2, -0.15) is 0 Å². The Kier molecular flexibility index (Phi) is 6.26. The molecular formula is C29H20O11. The average molecular weight is 544 g/mol. The number of hydrogen-bond donors (Lipinski definition) is 3. The van der Waals surface area contributed by atoms with Gasteiger partial charge in [-0.25, -0.2) is 19.2 Å². The molecule has 0 atom stereocenters. The summed E-state index contributed by atoms with van der Waals surface area (Å²) in [6.45, 7) is 0. The van der Waals surface area contributed by atoms with Crippen molar-refractivity contribution in [2.24, 2.45) is 0 Å². The van der Waals surface area contributed by atoms with Crippen LogP contribution >= 0.6 is 0 Å². The van der Waals surface area contributed by atoms with Crippen LogP contribution in [0, 0.1) is 0 Å². The van der Waals surface area contributed by atoms with Gasteiger partial charge in [-0.15, -0.1) is 0 Å². The van der Waals surface area contributed by atoms with Crippen molar-refractivity contribution >= 4 is 36.0 Å². The Hall–Kier alpha value is -5.58. The highest BCUT2D eigenvalue weighted by molar-refractivity contribution is 6.07. The Balaban J connectivity index is 1.84. The zero-order chi connectivity index (χ0) is 28.8. The number of aromatic carboxylic acids is 1. The van der Waals surface area contributed by atoms with Gasteiger partial charge >= 0.3 is 23.9 Å². The molecule has 0 aliphatic carbocycles. The van der Waals surface area contributed by atoms with E-state index in [-0.39, 0.29) is 61.9 Å². The number of ether oxygens (including phenoxy) is 4. The predicted octanol–water partition coefficient (Wildman–Crippen LogP) is 3.74. The van der Waals surface area contributed by atoms with E-state index >= 15 is 0 Å². The first kappa shape index (κ1) is 26.0. The molecule has 3 aromatic rings. The minimum absolute atomic E-state index is 0.0406. The van der Waals surface area contributed by atoms with Crippen LogP contribution in [0.25, 0.3) is 12.2 Å². The van der Waals surface area contributed by atoms with Crippen LogP contribution in [0.15, 0.2) is 54.6 Å². The summed E-state index contributed by atoms with van der Waals surface area (Å²) >= 11 is 0. The van der Waals surface area contributed by atoms with Crippen LogP contribution in [0.1, 0.15) is 48.5 Å². The zero-order valence-corrected chi connectivity index (χ0v) is 21.0. The van der Waals surface area contributed by atoms with Crippen molar-refractivity contribution < 1.29 is 53.4 Å². The highest BCUT2D eigenvalue weighted by atomic mass is 16.6. The van der Waals surface area contributed by atoms with Gasteiger partial charge in [-0.1, -0.05) is 12.1 Å². The Bertz CT molecular complexity index is 1600. The van der Waals surface area contributed by atoms with Crippen molar-refractivity contribution in [3.05, 3.63) is 93.6 Å². The predicted molar refractivity (Wildman–Crippen MR) is 137 cm³/mol. The molecule has 0 saturated heterocycles. The molecule has 0 radical (unpaired) electrons. The Labute approximate surface area is 226 Å². The lowest BCUT2D eigenvalue weighted by atomic mass is 9.76. The van der Waals surface area contributed by atoms with Gasteiger partial charge in [0.15, 0.2) is 5.60 Å². The van der Waals surface area contributed by atoms with Crippen molar-refractivity contribution in [3.8, 4) is 23.0 Å². The first-order valence-corrected chi connectivity index (χ1v) is 11.7. The van der Waals surface area contributed by atoms with Crippen molar-refractivity contribution in [2.75, 3.05) is 14.2 Å². The summed E-state index contributed by atoms with van der Waals surface area (Å²) in [4.78, 5) is 48.7. The number of carboxylic acid groups (broad SMARTS) is 1. The van der Waals surface area contributed by atoms with Crippen LogP contribution in [0.4, 0.5) is 0 Å². The number of methoxy groups -OCH3 is 2. The molecule has 2 aliphatic heterocycles. The molecule has 0 saturated carbocycles. The highest BCUT2D eigenvalue weighted by Gasteiger charge is 2.55. The van der Waals surface area contributed by atoms with E-state index in [0.29, 0.717) is 0 Å². The zero-order valence-electron chi connectivity index (χ0n) is 21.0. The van der Waals surface area contributed by atoms with E-state index in [1.54, 1.807) is 0 Å². The highest BCUT2D eigenvalue weighted by Crippen LogP contribution is 2.58. The second-order valence-corrected chi connectivity index (χ2v) is 8.73. The van der Waals surface area contributed by atoms with Crippen LogP contribution < -0.4 is 4.74 Å². The standard InChI is InChI=1S/C29H20O11/c1-37-24(32)8-6-14-10-18-22(12-20(14)30)39-23-13-21(31)15(7-9-25(33)38-2)11-19(23)29(18)17-5-3-4-16(27(34)35)26(17)28(36)40-29/h3-13,30-31H,1-2H3,(H,34,35)/b8-6+,9-7+. The lowest BCUT2D eigenvalue weighted by Gasteiger charge is -2.37. The van der Waals surface area contributed by atoms with E-state index in [0.717, 1.165) is 12.2 Å². The minimum atomic E-state index is -1.80. The number of esters is 3. The van der Waals surface area contributed by atoms with Crippen molar-refractivity contribution in [2.45, 2.75) is 5.60 Å². The molecule has 2 heterocycles. The molecule has 3 N–H and O–H groups in total. The number of carboxylic acids is 1. The summed E-state index contributed by atoms with van der Waals surface area (Å²) in [6, 6.07) is 9.60. The van der Waals surface area contributed by atoms with E-state index in [1.165, 1.54) is 68.8 Å². The van der Waals surface area contributed by atoms with Crippen LogP contribution in [0.2, 0.25) is 0 Å². The largest absolute Gasteiger partial charge is 0.507 e. The number of carbonyl (C=O) groups excluding carboxylic acids is 3. The summed E-state index contributed by atoms with van der Waals surface area (Å²) in [5.74, 6) is -4.14. The van der Waals surface area contributed by atoms with Crippen molar-refractivity contribution in [3.63, 3.8) is 0 Å². The second kappa shape index (κ2) is 9.62. The first-order valence-electron chi connectivity index (χ1n) is 11.7. The molecule has 0 fully saturated rings. The number of hydrogen-bond acceptors (Lipinski definition) is 10. The van der Waals surface area contributed by atoms with Gasteiger partial charge in [0.05, 0.1) is 25.3 Å². The average Bonchev–Trinajstić information content (AvgIpc) is 3.23. The number of fused-ring (bicyclic) bond motifs is 6. The third-order valence-corrected chi connectivity index (χ3v) is 6.56. The maximum Gasteiger partial charge on any atom is 0.341 e. The molecule has 40 heavy (non-hydrogen) atoms. The fraction of sp³-hybridized carbons (Fsp3) is 0.103. The third kappa shape index (κ3) is 4.00. The molecule has 3 aromatic carbocycles. The van der Waals surface area contributed by atoms with Gasteiger partial charge in [0.25, 0.3) is 0 Å². The summed E-state index contributed by atoms with van der Waals surface area (Å²) in [5.41, 5.74) is -1.43. The quantitative estimate of drug-likeness (QED) is 0.243. The smallest absolute Gasteiger partial charge is 0.341 e. The first-order chi connectivity index (χ1) is 19.1. The molecule has 0 aromatic heterocycles. The monoisotopic (exact) mass is 544 g/mol. The number of phenolic OH excluding ortho intramolecular Hbond substituents is 2. The number of rotatable bonds is 5.